The van der Waals surface area contributed by atoms with Crippen LogP contribution in [0.2, 0.25) is 0 Å². The van der Waals surface area contributed by atoms with Crippen LogP contribution in [0, 0.1) is 11.3 Å². The fourth-order valence-corrected chi connectivity index (χ4v) is 2.88. The monoisotopic (exact) mass is 328 g/mol. The standard InChI is InChI=1S/C16H17FN6O/c1-23-8-7-21-14(23)15(17)10-16(19,24-2)11(9-18)13(22-15)12-5-3-4-6-20-12/h3-8,22H,10,19H2,1-2H3. The summed E-state index contributed by atoms with van der Waals surface area (Å²) in [7, 11) is 3.03. The van der Waals surface area contributed by atoms with Crippen molar-refractivity contribution in [3.05, 3.63) is 53.9 Å². The highest BCUT2D eigenvalue weighted by Gasteiger charge is 2.52. The van der Waals surface area contributed by atoms with Crippen LogP contribution in [0.25, 0.3) is 5.70 Å². The molecule has 0 aromatic carbocycles. The second-order valence-corrected chi connectivity index (χ2v) is 5.64. The van der Waals surface area contributed by atoms with Crippen molar-refractivity contribution in [1.82, 2.24) is 19.9 Å². The molecule has 2 aromatic rings. The number of imidazole rings is 1. The Morgan fingerprint density at radius 2 is 2.21 bits per heavy atom. The molecule has 2 aromatic heterocycles. The summed E-state index contributed by atoms with van der Waals surface area (Å²) in [5.41, 5.74) is 5.30. The molecule has 3 heterocycles. The van der Waals surface area contributed by atoms with Gasteiger partial charge in [-0.05, 0) is 12.1 Å². The van der Waals surface area contributed by atoms with Gasteiger partial charge in [0.25, 0.3) is 0 Å². The number of nitrogens with one attached hydrogen (secondary N) is 1. The first-order valence-electron chi connectivity index (χ1n) is 7.29. The van der Waals surface area contributed by atoms with Crippen LogP contribution in [0.15, 0.2) is 42.4 Å². The van der Waals surface area contributed by atoms with E-state index in [0.29, 0.717) is 5.69 Å². The molecule has 3 N–H and O–H groups in total. The number of hydrogen-bond donors (Lipinski definition) is 2. The van der Waals surface area contributed by atoms with Gasteiger partial charge in [-0.25, -0.2) is 9.37 Å². The van der Waals surface area contributed by atoms with Crippen molar-refractivity contribution in [2.45, 2.75) is 17.9 Å². The maximum atomic E-state index is 15.8. The zero-order chi connectivity index (χ0) is 17.4. The van der Waals surface area contributed by atoms with E-state index < -0.39 is 11.5 Å². The fourth-order valence-electron chi connectivity index (χ4n) is 2.88. The Labute approximate surface area is 138 Å². The topological polar surface area (TPSA) is 102 Å². The van der Waals surface area contributed by atoms with Gasteiger partial charge in [-0.1, -0.05) is 6.07 Å². The third-order valence-electron chi connectivity index (χ3n) is 4.08. The van der Waals surface area contributed by atoms with Crippen molar-refractivity contribution in [3.63, 3.8) is 0 Å². The lowest BCUT2D eigenvalue weighted by molar-refractivity contribution is -0.0466. The van der Waals surface area contributed by atoms with Crippen LogP contribution in [-0.2, 0) is 17.6 Å². The number of ether oxygens (including phenoxy) is 1. The molecule has 7 nitrogen and oxygen atoms in total. The van der Waals surface area contributed by atoms with Gasteiger partial charge >= 0.3 is 0 Å². The molecule has 1 aliphatic heterocycles. The number of pyridine rings is 1. The minimum absolute atomic E-state index is 0.0891. The van der Waals surface area contributed by atoms with Crippen molar-refractivity contribution in [2.75, 3.05) is 7.11 Å². The van der Waals surface area contributed by atoms with Crippen LogP contribution >= 0.6 is 0 Å². The lowest BCUT2D eigenvalue weighted by Crippen LogP contribution is -2.57. The number of methoxy groups -OCH3 is 1. The minimum atomic E-state index is -2.11. The Kier molecular flexibility index (Phi) is 3.83. The summed E-state index contributed by atoms with van der Waals surface area (Å²) in [5.74, 6) is -1.98. The molecular weight excluding hydrogens is 311 g/mol. The highest BCUT2D eigenvalue weighted by molar-refractivity contribution is 5.72. The van der Waals surface area contributed by atoms with Crippen LogP contribution in [0.3, 0.4) is 0 Å². The lowest BCUT2D eigenvalue weighted by atomic mass is 9.87. The van der Waals surface area contributed by atoms with Crippen molar-refractivity contribution < 1.29 is 9.13 Å². The maximum Gasteiger partial charge on any atom is 0.243 e. The van der Waals surface area contributed by atoms with Gasteiger partial charge in [0.15, 0.2) is 11.5 Å². The van der Waals surface area contributed by atoms with Crippen molar-refractivity contribution in [3.8, 4) is 6.07 Å². The van der Waals surface area contributed by atoms with E-state index in [2.05, 4.69) is 15.3 Å². The molecule has 1 aliphatic rings. The molecule has 0 fully saturated rings. The molecule has 0 bridgehead atoms. The van der Waals surface area contributed by atoms with Crippen molar-refractivity contribution >= 4 is 5.70 Å². The Balaban J connectivity index is 2.21. The third kappa shape index (κ3) is 2.44. The predicted molar refractivity (Wildman–Crippen MR) is 84.4 cm³/mol. The largest absolute Gasteiger partial charge is 0.359 e. The normalized spacial score (nSPS) is 26.8. The van der Waals surface area contributed by atoms with E-state index in [4.69, 9.17) is 10.5 Å². The zero-order valence-electron chi connectivity index (χ0n) is 13.3. The summed E-state index contributed by atoms with van der Waals surface area (Å²) in [5, 5.41) is 12.3. The zero-order valence-corrected chi connectivity index (χ0v) is 13.3. The van der Waals surface area contributed by atoms with Crippen LogP contribution in [0.4, 0.5) is 4.39 Å². The average Bonchev–Trinajstić information content (AvgIpc) is 3.02. The smallest absolute Gasteiger partial charge is 0.243 e. The van der Waals surface area contributed by atoms with Crippen molar-refractivity contribution in [2.24, 2.45) is 12.8 Å². The van der Waals surface area contributed by atoms with E-state index in [1.165, 1.54) is 13.3 Å². The van der Waals surface area contributed by atoms with Gasteiger partial charge in [-0.2, -0.15) is 5.26 Å². The molecule has 0 aliphatic carbocycles. The highest BCUT2D eigenvalue weighted by Crippen LogP contribution is 2.41. The van der Waals surface area contributed by atoms with Gasteiger partial charge in [-0.15, -0.1) is 0 Å². The number of aryl methyl sites for hydroxylation is 1. The van der Waals surface area contributed by atoms with E-state index >= 15 is 4.39 Å². The second-order valence-electron chi connectivity index (χ2n) is 5.64. The molecule has 0 spiro atoms. The molecule has 3 rings (SSSR count). The van der Waals surface area contributed by atoms with E-state index in [-0.39, 0.29) is 23.5 Å². The lowest BCUT2D eigenvalue weighted by Gasteiger charge is -2.41. The number of nitrogens with zero attached hydrogens (tertiary/aromatic N) is 4. The Morgan fingerprint density at radius 3 is 2.75 bits per heavy atom. The summed E-state index contributed by atoms with van der Waals surface area (Å²) in [6.07, 6.45) is 4.38. The van der Waals surface area contributed by atoms with E-state index in [9.17, 15) is 5.26 Å². The van der Waals surface area contributed by atoms with Gasteiger partial charge in [0.1, 0.15) is 11.6 Å². The fraction of sp³-hybridized carbons (Fsp3) is 0.312. The van der Waals surface area contributed by atoms with Gasteiger partial charge in [0.05, 0.1) is 17.8 Å². The minimum Gasteiger partial charge on any atom is -0.359 e. The quantitative estimate of drug-likeness (QED) is 0.648. The molecule has 0 saturated carbocycles. The number of nitrogens with two attached hydrogens (primary N) is 1. The molecule has 0 radical (unpaired) electrons. The Morgan fingerprint density at radius 1 is 1.42 bits per heavy atom. The summed E-state index contributed by atoms with van der Waals surface area (Å²) in [4.78, 5) is 8.27. The first-order chi connectivity index (χ1) is 11.4. The molecule has 24 heavy (non-hydrogen) atoms. The van der Waals surface area contributed by atoms with Crippen LogP contribution in [-0.4, -0.2) is 27.4 Å². The van der Waals surface area contributed by atoms with Crippen LogP contribution < -0.4 is 11.1 Å². The molecule has 0 amide bonds. The number of halogens is 1. The summed E-state index contributed by atoms with van der Waals surface area (Å²) >= 11 is 0. The molecule has 2 atom stereocenters. The number of aromatic nitrogens is 3. The number of rotatable bonds is 3. The first kappa shape index (κ1) is 16.1. The van der Waals surface area contributed by atoms with Gasteiger partial charge < -0.3 is 14.6 Å². The average molecular weight is 328 g/mol. The summed E-state index contributed by atoms with van der Waals surface area (Å²) in [6.45, 7) is 0. The number of hydrogen-bond acceptors (Lipinski definition) is 6. The number of alkyl halides is 1. The summed E-state index contributed by atoms with van der Waals surface area (Å²) < 4.78 is 22.7. The Hall–Kier alpha value is -2.76. The second kappa shape index (κ2) is 5.70. The highest BCUT2D eigenvalue weighted by atomic mass is 19.1. The molecule has 8 heteroatoms. The third-order valence-corrected chi connectivity index (χ3v) is 4.08. The predicted octanol–water partition coefficient (Wildman–Crippen LogP) is 1.17. The number of nitriles is 1. The molecular formula is C16H17FN6O. The van der Waals surface area contributed by atoms with E-state index in [1.54, 1.807) is 42.2 Å². The summed E-state index contributed by atoms with van der Waals surface area (Å²) in [6, 6.07) is 7.16. The van der Waals surface area contributed by atoms with Crippen molar-refractivity contribution in [1.29, 1.82) is 5.26 Å². The molecule has 124 valence electrons. The SMILES string of the molecule is COC1(N)CC(F)(c2nccn2C)NC(c2ccccn2)=C1C#N. The Bertz CT molecular complexity index is 827. The van der Waals surface area contributed by atoms with Gasteiger partial charge in [-0.3, -0.25) is 10.7 Å². The van der Waals surface area contributed by atoms with Crippen LogP contribution in [0.5, 0.6) is 0 Å². The van der Waals surface area contributed by atoms with E-state index in [1.807, 2.05) is 6.07 Å². The molecule has 0 saturated heterocycles. The first-order valence-corrected chi connectivity index (χ1v) is 7.29. The maximum absolute atomic E-state index is 15.8. The van der Waals surface area contributed by atoms with Gasteiger partial charge in [0.2, 0.25) is 5.79 Å². The van der Waals surface area contributed by atoms with E-state index in [0.717, 1.165) is 0 Å². The van der Waals surface area contributed by atoms with Crippen LogP contribution in [0.1, 0.15) is 17.9 Å². The molecule has 2 unspecified atom stereocenters. The van der Waals surface area contributed by atoms with Gasteiger partial charge in [0, 0.05) is 32.7 Å².